The molecule has 0 aliphatic rings. The Kier molecular flexibility index (Phi) is 2.14. The zero-order chi connectivity index (χ0) is 9.97. The number of anilines is 1. The van der Waals surface area contributed by atoms with E-state index < -0.39 is 0 Å². The van der Waals surface area contributed by atoms with Crippen LogP contribution in [-0.2, 0) is 0 Å². The summed E-state index contributed by atoms with van der Waals surface area (Å²) in [6.45, 7) is 1.95. The summed E-state index contributed by atoms with van der Waals surface area (Å²) in [7, 11) is 0. The molecule has 0 aliphatic carbocycles. The van der Waals surface area contributed by atoms with Crippen LogP contribution in [0.2, 0.25) is 0 Å². The quantitative estimate of drug-likeness (QED) is 0.691. The fourth-order valence-electron chi connectivity index (χ4n) is 1.22. The molecular formula is C11H11N3. The Labute approximate surface area is 82.6 Å². The second-order valence-electron chi connectivity index (χ2n) is 3.14. The fourth-order valence-corrected chi connectivity index (χ4v) is 1.22. The molecule has 1 aromatic heterocycles. The highest BCUT2D eigenvalue weighted by atomic mass is 14.9. The molecule has 3 heteroatoms. The average Bonchev–Trinajstić information content (AvgIpc) is 2.19. The van der Waals surface area contributed by atoms with Gasteiger partial charge in [0.2, 0.25) is 0 Å². The molecule has 3 nitrogen and oxygen atoms in total. The largest absolute Gasteiger partial charge is 0.399 e. The summed E-state index contributed by atoms with van der Waals surface area (Å²) >= 11 is 0. The van der Waals surface area contributed by atoms with Crippen molar-refractivity contribution in [1.82, 2.24) is 9.97 Å². The van der Waals surface area contributed by atoms with E-state index in [0.717, 1.165) is 22.8 Å². The zero-order valence-electron chi connectivity index (χ0n) is 7.94. The Balaban J connectivity index is 2.44. The summed E-state index contributed by atoms with van der Waals surface area (Å²) in [5, 5.41) is 0. The third-order valence-corrected chi connectivity index (χ3v) is 1.96. The minimum absolute atomic E-state index is 0.741. The van der Waals surface area contributed by atoms with E-state index in [1.807, 2.05) is 37.3 Å². The predicted octanol–water partition coefficient (Wildman–Crippen LogP) is 2.03. The van der Waals surface area contributed by atoms with Crippen LogP contribution >= 0.6 is 0 Å². The van der Waals surface area contributed by atoms with Gasteiger partial charge in [0.25, 0.3) is 0 Å². The van der Waals surface area contributed by atoms with Gasteiger partial charge in [-0.15, -0.1) is 0 Å². The van der Waals surface area contributed by atoms with Gasteiger partial charge in [0, 0.05) is 23.1 Å². The van der Waals surface area contributed by atoms with E-state index in [0.29, 0.717) is 0 Å². The lowest BCUT2D eigenvalue weighted by Gasteiger charge is -2.00. The van der Waals surface area contributed by atoms with Crippen molar-refractivity contribution in [3.05, 3.63) is 42.2 Å². The summed E-state index contributed by atoms with van der Waals surface area (Å²) in [5.74, 6) is 0.741. The van der Waals surface area contributed by atoms with Gasteiger partial charge in [-0.25, -0.2) is 9.97 Å². The maximum absolute atomic E-state index is 5.59. The summed E-state index contributed by atoms with van der Waals surface area (Å²) in [4.78, 5) is 8.51. The third-order valence-electron chi connectivity index (χ3n) is 1.96. The Hall–Kier alpha value is -1.90. The first-order valence-corrected chi connectivity index (χ1v) is 4.41. The minimum Gasteiger partial charge on any atom is -0.399 e. The van der Waals surface area contributed by atoms with Crippen LogP contribution in [0.1, 0.15) is 5.69 Å². The van der Waals surface area contributed by atoms with Gasteiger partial charge in [0.15, 0.2) is 5.82 Å². The summed E-state index contributed by atoms with van der Waals surface area (Å²) in [6, 6.07) is 9.41. The number of nitrogens with two attached hydrogens (primary N) is 1. The highest BCUT2D eigenvalue weighted by Gasteiger charge is 1.99. The third kappa shape index (κ3) is 1.71. The maximum Gasteiger partial charge on any atom is 0.159 e. The Bertz CT molecular complexity index is 435. The van der Waals surface area contributed by atoms with Gasteiger partial charge in [-0.3, -0.25) is 0 Å². The van der Waals surface area contributed by atoms with Gasteiger partial charge in [-0.05, 0) is 37.3 Å². The van der Waals surface area contributed by atoms with E-state index in [2.05, 4.69) is 9.97 Å². The highest BCUT2D eigenvalue weighted by molar-refractivity contribution is 5.58. The standard InChI is InChI=1S/C11H11N3/c1-8-6-7-13-11(14-8)9-2-4-10(12)5-3-9/h2-7H,12H2,1H3. The van der Waals surface area contributed by atoms with E-state index >= 15 is 0 Å². The number of aryl methyl sites for hydroxylation is 1. The molecule has 14 heavy (non-hydrogen) atoms. The molecule has 0 amide bonds. The van der Waals surface area contributed by atoms with Gasteiger partial charge < -0.3 is 5.73 Å². The van der Waals surface area contributed by atoms with Gasteiger partial charge in [-0.1, -0.05) is 0 Å². The lowest BCUT2D eigenvalue weighted by atomic mass is 10.2. The molecule has 0 saturated heterocycles. The first-order valence-electron chi connectivity index (χ1n) is 4.41. The number of hydrogen-bond donors (Lipinski definition) is 1. The van der Waals surface area contributed by atoms with Crippen molar-refractivity contribution in [2.45, 2.75) is 6.92 Å². The molecule has 1 heterocycles. The smallest absolute Gasteiger partial charge is 0.159 e. The first kappa shape index (κ1) is 8.69. The average molecular weight is 185 g/mol. The molecule has 0 aliphatic heterocycles. The molecule has 2 aromatic rings. The summed E-state index contributed by atoms with van der Waals surface area (Å²) < 4.78 is 0. The molecule has 2 rings (SSSR count). The van der Waals surface area contributed by atoms with E-state index in [1.165, 1.54) is 0 Å². The van der Waals surface area contributed by atoms with Gasteiger partial charge in [0.1, 0.15) is 0 Å². The van der Waals surface area contributed by atoms with Gasteiger partial charge in [-0.2, -0.15) is 0 Å². The lowest BCUT2D eigenvalue weighted by molar-refractivity contribution is 1.11. The van der Waals surface area contributed by atoms with Crippen LogP contribution in [0.3, 0.4) is 0 Å². The van der Waals surface area contributed by atoms with Crippen molar-refractivity contribution in [2.24, 2.45) is 0 Å². The number of hydrogen-bond acceptors (Lipinski definition) is 3. The Morgan fingerprint density at radius 1 is 1.07 bits per heavy atom. The number of benzene rings is 1. The zero-order valence-corrected chi connectivity index (χ0v) is 7.94. The van der Waals surface area contributed by atoms with Crippen LogP contribution in [0.5, 0.6) is 0 Å². The topological polar surface area (TPSA) is 51.8 Å². The van der Waals surface area contributed by atoms with Crippen LogP contribution in [0, 0.1) is 6.92 Å². The molecule has 0 atom stereocenters. The lowest BCUT2D eigenvalue weighted by Crippen LogP contribution is -1.91. The van der Waals surface area contributed by atoms with E-state index in [4.69, 9.17) is 5.73 Å². The molecule has 0 spiro atoms. The van der Waals surface area contributed by atoms with Crippen molar-refractivity contribution >= 4 is 5.69 Å². The number of aromatic nitrogens is 2. The molecule has 0 radical (unpaired) electrons. The fraction of sp³-hybridized carbons (Fsp3) is 0.0909. The van der Waals surface area contributed by atoms with Crippen molar-refractivity contribution in [2.75, 3.05) is 5.73 Å². The SMILES string of the molecule is Cc1ccnc(-c2ccc(N)cc2)n1. The van der Waals surface area contributed by atoms with Gasteiger partial charge >= 0.3 is 0 Å². The molecule has 0 bridgehead atoms. The minimum atomic E-state index is 0.741. The van der Waals surface area contributed by atoms with E-state index in [1.54, 1.807) is 6.20 Å². The van der Waals surface area contributed by atoms with Crippen molar-refractivity contribution < 1.29 is 0 Å². The van der Waals surface area contributed by atoms with Crippen LogP contribution < -0.4 is 5.73 Å². The number of nitrogen functional groups attached to an aromatic ring is 1. The molecule has 0 fully saturated rings. The number of rotatable bonds is 1. The molecule has 0 unspecified atom stereocenters. The van der Waals surface area contributed by atoms with Gasteiger partial charge in [0.05, 0.1) is 0 Å². The second-order valence-corrected chi connectivity index (χ2v) is 3.14. The first-order chi connectivity index (χ1) is 6.75. The molecule has 1 aromatic carbocycles. The van der Waals surface area contributed by atoms with Crippen LogP contribution in [0.15, 0.2) is 36.5 Å². The Morgan fingerprint density at radius 3 is 2.43 bits per heavy atom. The second kappa shape index (κ2) is 3.46. The molecule has 70 valence electrons. The molecule has 2 N–H and O–H groups in total. The number of nitrogens with zero attached hydrogens (tertiary/aromatic N) is 2. The van der Waals surface area contributed by atoms with Crippen molar-refractivity contribution in [3.8, 4) is 11.4 Å². The normalized spacial score (nSPS) is 10.1. The van der Waals surface area contributed by atoms with Crippen molar-refractivity contribution in [1.29, 1.82) is 0 Å². The van der Waals surface area contributed by atoms with Crippen LogP contribution in [0.4, 0.5) is 5.69 Å². The summed E-state index contributed by atoms with van der Waals surface area (Å²) in [6.07, 6.45) is 1.76. The van der Waals surface area contributed by atoms with Crippen molar-refractivity contribution in [3.63, 3.8) is 0 Å². The predicted molar refractivity (Wildman–Crippen MR) is 56.6 cm³/mol. The molecular weight excluding hydrogens is 174 g/mol. The molecule has 0 saturated carbocycles. The van der Waals surface area contributed by atoms with E-state index in [9.17, 15) is 0 Å². The highest BCUT2D eigenvalue weighted by Crippen LogP contribution is 2.15. The maximum atomic E-state index is 5.59. The Morgan fingerprint density at radius 2 is 1.79 bits per heavy atom. The van der Waals surface area contributed by atoms with E-state index in [-0.39, 0.29) is 0 Å². The van der Waals surface area contributed by atoms with Crippen LogP contribution in [0.25, 0.3) is 11.4 Å². The summed E-state index contributed by atoms with van der Waals surface area (Å²) in [5.41, 5.74) is 8.30. The van der Waals surface area contributed by atoms with Crippen LogP contribution in [-0.4, -0.2) is 9.97 Å². The monoisotopic (exact) mass is 185 g/mol.